The number of rotatable bonds is 6. The SMILES string of the molecule is OCCNc1nc(Nc2ccc(F)cc2Br)cc(-c2cccnc2)n1. The maximum absolute atomic E-state index is 13.3. The third kappa shape index (κ3) is 4.49. The standard InChI is InChI=1S/C17H15BrFN5O/c18-13-8-12(19)3-4-14(13)22-16-9-15(11-2-1-5-20-10-11)23-17(24-16)21-6-7-25/h1-5,8-10,25H,6-7H2,(H2,21,22,23,24). The quantitative estimate of drug-likeness (QED) is 0.583. The average Bonchev–Trinajstić information content (AvgIpc) is 2.63. The van der Waals surface area contributed by atoms with E-state index in [4.69, 9.17) is 5.11 Å². The summed E-state index contributed by atoms with van der Waals surface area (Å²) in [7, 11) is 0. The topological polar surface area (TPSA) is 83.0 Å². The number of nitrogens with one attached hydrogen (secondary N) is 2. The number of aliphatic hydroxyl groups excluding tert-OH is 1. The molecule has 0 fully saturated rings. The van der Waals surface area contributed by atoms with Gasteiger partial charge in [-0.05, 0) is 46.3 Å². The second-order valence-electron chi connectivity index (χ2n) is 5.10. The van der Waals surface area contributed by atoms with E-state index in [-0.39, 0.29) is 12.4 Å². The van der Waals surface area contributed by atoms with Crippen molar-refractivity contribution in [2.75, 3.05) is 23.8 Å². The second kappa shape index (κ2) is 8.00. The van der Waals surface area contributed by atoms with Crippen LogP contribution >= 0.6 is 15.9 Å². The zero-order chi connectivity index (χ0) is 17.6. The summed E-state index contributed by atoms with van der Waals surface area (Å²) in [5.41, 5.74) is 2.17. The first kappa shape index (κ1) is 17.2. The minimum absolute atomic E-state index is 0.0350. The molecule has 0 aliphatic carbocycles. The van der Waals surface area contributed by atoms with Gasteiger partial charge in [0.25, 0.3) is 0 Å². The molecular weight excluding hydrogens is 389 g/mol. The first-order valence-electron chi connectivity index (χ1n) is 7.52. The van der Waals surface area contributed by atoms with Gasteiger partial charge in [-0.2, -0.15) is 4.98 Å². The van der Waals surface area contributed by atoms with Crippen LogP contribution in [0, 0.1) is 5.82 Å². The number of aromatic nitrogens is 3. The summed E-state index contributed by atoms with van der Waals surface area (Å²) in [6.07, 6.45) is 3.39. The van der Waals surface area contributed by atoms with Crippen LogP contribution in [0.5, 0.6) is 0 Å². The summed E-state index contributed by atoms with van der Waals surface area (Å²) in [5, 5.41) is 15.1. The highest BCUT2D eigenvalue weighted by Gasteiger charge is 2.09. The van der Waals surface area contributed by atoms with E-state index in [2.05, 4.69) is 41.5 Å². The van der Waals surface area contributed by atoms with Crippen molar-refractivity contribution in [2.45, 2.75) is 0 Å². The van der Waals surface area contributed by atoms with E-state index in [1.54, 1.807) is 24.5 Å². The fraction of sp³-hybridized carbons (Fsp3) is 0.118. The van der Waals surface area contributed by atoms with Gasteiger partial charge < -0.3 is 15.7 Å². The summed E-state index contributed by atoms with van der Waals surface area (Å²) in [5.74, 6) is 0.569. The third-order valence-electron chi connectivity index (χ3n) is 3.27. The molecule has 1 aromatic carbocycles. The molecule has 3 rings (SSSR count). The summed E-state index contributed by atoms with van der Waals surface area (Å²) >= 11 is 3.32. The minimum atomic E-state index is -0.332. The zero-order valence-electron chi connectivity index (χ0n) is 13.1. The number of anilines is 3. The Labute approximate surface area is 152 Å². The predicted octanol–water partition coefficient (Wildman–Crippen LogP) is 3.59. The highest BCUT2D eigenvalue weighted by Crippen LogP contribution is 2.28. The van der Waals surface area contributed by atoms with Crippen molar-refractivity contribution in [1.29, 1.82) is 0 Å². The van der Waals surface area contributed by atoms with Crippen molar-refractivity contribution >= 4 is 33.4 Å². The lowest BCUT2D eigenvalue weighted by molar-refractivity contribution is 0.311. The molecule has 128 valence electrons. The molecule has 0 aliphatic heterocycles. The van der Waals surface area contributed by atoms with E-state index < -0.39 is 0 Å². The molecule has 0 saturated heterocycles. The fourth-order valence-corrected chi connectivity index (χ4v) is 2.60. The van der Waals surface area contributed by atoms with Crippen molar-refractivity contribution in [2.24, 2.45) is 0 Å². The predicted molar refractivity (Wildman–Crippen MR) is 98.2 cm³/mol. The molecule has 0 spiro atoms. The van der Waals surface area contributed by atoms with Crippen LogP contribution in [0.1, 0.15) is 0 Å². The lowest BCUT2D eigenvalue weighted by atomic mass is 10.2. The molecule has 3 aromatic rings. The van der Waals surface area contributed by atoms with Gasteiger partial charge in [-0.3, -0.25) is 4.98 Å². The minimum Gasteiger partial charge on any atom is -0.395 e. The Hall–Kier alpha value is -2.58. The smallest absolute Gasteiger partial charge is 0.225 e. The van der Waals surface area contributed by atoms with Crippen LogP contribution in [0.25, 0.3) is 11.3 Å². The lowest BCUT2D eigenvalue weighted by Crippen LogP contribution is -2.10. The van der Waals surface area contributed by atoms with Crippen LogP contribution in [0.3, 0.4) is 0 Å². The van der Waals surface area contributed by atoms with E-state index in [1.165, 1.54) is 12.1 Å². The highest BCUT2D eigenvalue weighted by atomic mass is 79.9. The second-order valence-corrected chi connectivity index (χ2v) is 5.96. The molecular formula is C17H15BrFN5O. The maximum Gasteiger partial charge on any atom is 0.225 e. The van der Waals surface area contributed by atoms with Gasteiger partial charge in [0, 0.05) is 35.0 Å². The zero-order valence-corrected chi connectivity index (χ0v) is 14.7. The molecule has 0 unspecified atom stereocenters. The monoisotopic (exact) mass is 403 g/mol. The van der Waals surface area contributed by atoms with Gasteiger partial charge in [0.1, 0.15) is 11.6 Å². The van der Waals surface area contributed by atoms with E-state index in [9.17, 15) is 4.39 Å². The summed E-state index contributed by atoms with van der Waals surface area (Å²) in [6, 6.07) is 9.84. The lowest BCUT2D eigenvalue weighted by Gasteiger charge is -2.12. The van der Waals surface area contributed by atoms with Gasteiger partial charge in [0.2, 0.25) is 5.95 Å². The van der Waals surface area contributed by atoms with E-state index in [0.717, 1.165) is 5.56 Å². The molecule has 0 saturated carbocycles. The average molecular weight is 404 g/mol. The molecule has 0 amide bonds. The molecule has 0 radical (unpaired) electrons. The third-order valence-corrected chi connectivity index (χ3v) is 3.93. The van der Waals surface area contributed by atoms with Crippen molar-refractivity contribution in [3.05, 3.63) is 59.1 Å². The number of pyridine rings is 1. The Morgan fingerprint density at radius 1 is 1.16 bits per heavy atom. The van der Waals surface area contributed by atoms with Gasteiger partial charge in [-0.1, -0.05) is 0 Å². The maximum atomic E-state index is 13.3. The molecule has 0 bridgehead atoms. The largest absolute Gasteiger partial charge is 0.395 e. The molecule has 3 N–H and O–H groups in total. The van der Waals surface area contributed by atoms with Crippen LogP contribution in [0.2, 0.25) is 0 Å². The summed E-state index contributed by atoms with van der Waals surface area (Å²) in [6.45, 7) is 0.295. The Kier molecular flexibility index (Phi) is 5.52. The number of benzene rings is 1. The van der Waals surface area contributed by atoms with Gasteiger partial charge in [0.05, 0.1) is 18.0 Å². The van der Waals surface area contributed by atoms with Crippen molar-refractivity contribution < 1.29 is 9.50 Å². The van der Waals surface area contributed by atoms with Gasteiger partial charge in [0.15, 0.2) is 0 Å². The number of nitrogens with zero attached hydrogens (tertiary/aromatic N) is 3. The van der Waals surface area contributed by atoms with Crippen LogP contribution < -0.4 is 10.6 Å². The Morgan fingerprint density at radius 3 is 2.76 bits per heavy atom. The van der Waals surface area contributed by atoms with E-state index in [0.29, 0.717) is 34.2 Å². The Bertz CT molecular complexity index is 863. The number of hydrogen-bond donors (Lipinski definition) is 3. The van der Waals surface area contributed by atoms with Gasteiger partial charge >= 0.3 is 0 Å². The highest BCUT2D eigenvalue weighted by molar-refractivity contribution is 9.10. The van der Waals surface area contributed by atoms with Crippen molar-refractivity contribution in [1.82, 2.24) is 15.0 Å². The first-order valence-corrected chi connectivity index (χ1v) is 8.31. The molecule has 0 atom stereocenters. The molecule has 2 aromatic heterocycles. The number of aliphatic hydroxyl groups is 1. The summed E-state index contributed by atoms with van der Waals surface area (Å²) < 4.78 is 13.8. The number of halogens is 2. The van der Waals surface area contributed by atoms with Crippen LogP contribution in [-0.2, 0) is 0 Å². The Balaban J connectivity index is 1.96. The van der Waals surface area contributed by atoms with Crippen LogP contribution in [0.4, 0.5) is 21.8 Å². The number of hydrogen-bond acceptors (Lipinski definition) is 6. The normalized spacial score (nSPS) is 10.5. The van der Waals surface area contributed by atoms with Crippen molar-refractivity contribution in [3.63, 3.8) is 0 Å². The Morgan fingerprint density at radius 2 is 2.04 bits per heavy atom. The summed E-state index contributed by atoms with van der Waals surface area (Å²) in [4.78, 5) is 12.9. The van der Waals surface area contributed by atoms with E-state index >= 15 is 0 Å². The molecule has 25 heavy (non-hydrogen) atoms. The van der Waals surface area contributed by atoms with Crippen LogP contribution in [0.15, 0.2) is 53.3 Å². The first-order chi connectivity index (χ1) is 12.2. The van der Waals surface area contributed by atoms with Crippen LogP contribution in [-0.4, -0.2) is 33.2 Å². The van der Waals surface area contributed by atoms with Crippen molar-refractivity contribution in [3.8, 4) is 11.3 Å². The molecule has 8 heteroatoms. The van der Waals surface area contributed by atoms with E-state index in [1.807, 2.05) is 12.1 Å². The molecule has 6 nitrogen and oxygen atoms in total. The molecule has 0 aliphatic rings. The van der Waals surface area contributed by atoms with Gasteiger partial charge in [-0.25, -0.2) is 9.37 Å². The molecule has 2 heterocycles. The fourth-order valence-electron chi connectivity index (χ4n) is 2.15. The van der Waals surface area contributed by atoms with Gasteiger partial charge in [-0.15, -0.1) is 0 Å².